The van der Waals surface area contributed by atoms with Crippen molar-refractivity contribution in [3.8, 4) is 0 Å². The minimum absolute atomic E-state index is 0.00903. The number of ether oxygens (including phenoxy) is 1. The summed E-state index contributed by atoms with van der Waals surface area (Å²) in [4.78, 5) is 34.6. The molecule has 2 aliphatic rings. The minimum Gasteiger partial charge on any atom is -0.481 e. The van der Waals surface area contributed by atoms with Gasteiger partial charge in [-0.25, -0.2) is 0 Å². The van der Waals surface area contributed by atoms with E-state index in [1.54, 1.807) is 0 Å². The lowest BCUT2D eigenvalue weighted by Gasteiger charge is -2.32. The van der Waals surface area contributed by atoms with Crippen LogP contribution in [0.1, 0.15) is 51.4 Å². The Bertz CT molecular complexity index is 412. The Balaban J connectivity index is 1.97. The second-order valence-electron chi connectivity index (χ2n) is 6.10. The van der Waals surface area contributed by atoms with E-state index in [0.29, 0.717) is 6.42 Å². The van der Waals surface area contributed by atoms with Gasteiger partial charge in [0.2, 0.25) is 0 Å². The fourth-order valence-electron chi connectivity index (χ4n) is 3.38. The minimum atomic E-state index is -1.11. The van der Waals surface area contributed by atoms with Crippen LogP contribution in [0, 0.1) is 17.8 Å². The van der Waals surface area contributed by atoms with Crippen LogP contribution in [0.2, 0.25) is 0 Å². The Labute approximate surface area is 123 Å². The van der Waals surface area contributed by atoms with E-state index in [1.165, 1.54) is 0 Å². The standard InChI is InChI=1S/C15H22O6/c16-13(17)9-6-7-11(12(8-9)14(18)19)15(20)21-10-4-2-1-3-5-10/h9-12H,1-8H2,(H,16,17)(H,18,19). The number of esters is 1. The van der Waals surface area contributed by atoms with E-state index < -0.39 is 35.7 Å². The van der Waals surface area contributed by atoms with Gasteiger partial charge in [0.25, 0.3) is 0 Å². The van der Waals surface area contributed by atoms with Crippen LogP contribution in [0.5, 0.6) is 0 Å². The van der Waals surface area contributed by atoms with E-state index in [4.69, 9.17) is 9.84 Å². The molecule has 0 spiro atoms. The fraction of sp³-hybridized carbons (Fsp3) is 0.800. The summed E-state index contributed by atoms with van der Waals surface area (Å²) in [6.45, 7) is 0. The molecule has 3 unspecified atom stereocenters. The van der Waals surface area contributed by atoms with Crippen LogP contribution in [0.25, 0.3) is 0 Å². The van der Waals surface area contributed by atoms with Crippen molar-refractivity contribution in [1.82, 2.24) is 0 Å². The molecule has 2 fully saturated rings. The van der Waals surface area contributed by atoms with E-state index in [0.717, 1.165) is 32.1 Å². The number of hydrogen-bond donors (Lipinski definition) is 2. The predicted molar refractivity (Wildman–Crippen MR) is 72.6 cm³/mol. The summed E-state index contributed by atoms with van der Waals surface area (Å²) < 4.78 is 5.46. The molecule has 0 aromatic carbocycles. The van der Waals surface area contributed by atoms with Gasteiger partial charge in [-0.15, -0.1) is 0 Å². The molecular weight excluding hydrogens is 276 g/mol. The van der Waals surface area contributed by atoms with Crippen LogP contribution in [0.15, 0.2) is 0 Å². The lowest BCUT2D eigenvalue weighted by atomic mass is 9.74. The van der Waals surface area contributed by atoms with E-state index in [9.17, 15) is 19.5 Å². The summed E-state index contributed by atoms with van der Waals surface area (Å²) in [5.41, 5.74) is 0. The maximum atomic E-state index is 12.2. The first kappa shape index (κ1) is 15.8. The molecule has 2 saturated carbocycles. The Morgan fingerprint density at radius 2 is 1.48 bits per heavy atom. The fourth-order valence-corrected chi connectivity index (χ4v) is 3.38. The first-order valence-corrected chi connectivity index (χ1v) is 7.65. The molecule has 3 atom stereocenters. The summed E-state index contributed by atoms with van der Waals surface area (Å²) in [5.74, 6) is -4.88. The van der Waals surface area contributed by atoms with Crippen LogP contribution >= 0.6 is 0 Å². The molecule has 2 N–H and O–H groups in total. The largest absolute Gasteiger partial charge is 0.481 e. The second-order valence-corrected chi connectivity index (χ2v) is 6.10. The highest BCUT2D eigenvalue weighted by atomic mass is 16.5. The Kier molecular flexibility index (Phi) is 5.20. The van der Waals surface area contributed by atoms with Crippen molar-refractivity contribution in [2.75, 3.05) is 0 Å². The maximum absolute atomic E-state index is 12.2. The molecule has 2 aliphatic carbocycles. The van der Waals surface area contributed by atoms with E-state index in [1.807, 2.05) is 0 Å². The molecule has 0 radical (unpaired) electrons. The highest BCUT2D eigenvalue weighted by Gasteiger charge is 2.42. The van der Waals surface area contributed by atoms with Crippen molar-refractivity contribution in [2.24, 2.45) is 17.8 Å². The molecule has 0 bridgehead atoms. The van der Waals surface area contributed by atoms with Crippen LogP contribution < -0.4 is 0 Å². The summed E-state index contributed by atoms with van der Waals surface area (Å²) in [6, 6.07) is 0. The number of aliphatic carboxylic acids is 2. The molecule has 6 nitrogen and oxygen atoms in total. The molecular formula is C15H22O6. The molecule has 0 heterocycles. The third-order valence-corrected chi connectivity index (χ3v) is 4.65. The van der Waals surface area contributed by atoms with Gasteiger partial charge in [0, 0.05) is 0 Å². The predicted octanol–water partition coefficient (Wildman–Crippen LogP) is 2.06. The summed E-state index contributed by atoms with van der Waals surface area (Å²) in [5, 5.41) is 18.3. The average molecular weight is 298 g/mol. The average Bonchev–Trinajstić information content (AvgIpc) is 2.47. The van der Waals surface area contributed by atoms with Gasteiger partial charge in [-0.05, 0) is 44.9 Å². The zero-order valence-corrected chi connectivity index (χ0v) is 12.0. The Morgan fingerprint density at radius 3 is 2.05 bits per heavy atom. The quantitative estimate of drug-likeness (QED) is 0.770. The monoisotopic (exact) mass is 298 g/mol. The number of rotatable bonds is 4. The highest BCUT2D eigenvalue weighted by Crippen LogP contribution is 2.36. The molecule has 118 valence electrons. The Morgan fingerprint density at radius 1 is 0.810 bits per heavy atom. The van der Waals surface area contributed by atoms with Crippen LogP contribution in [-0.4, -0.2) is 34.2 Å². The molecule has 0 saturated heterocycles. The van der Waals surface area contributed by atoms with Gasteiger partial charge >= 0.3 is 17.9 Å². The van der Waals surface area contributed by atoms with Crippen molar-refractivity contribution in [2.45, 2.75) is 57.5 Å². The van der Waals surface area contributed by atoms with E-state index in [2.05, 4.69) is 0 Å². The number of carbonyl (C=O) groups is 3. The number of carboxylic acids is 2. The summed E-state index contributed by atoms with van der Waals surface area (Å²) >= 11 is 0. The van der Waals surface area contributed by atoms with E-state index in [-0.39, 0.29) is 18.9 Å². The molecule has 0 aliphatic heterocycles. The van der Waals surface area contributed by atoms with Gasteiger partial charge in [0.05, 0.1) is 17.8 Å². The maximum Gasteiger partial charge on any atom is 0.310 e. The van der Waals surface area contributed by atoms with Crippen molar-refractivity contribution in [3.05, 3.63) is 0 Å². The molecule has 0 aromatic rings. The second kappa shape index (κ2) is 6.91. The molecule has 0 aromatic heterocycles. The van der Waals surface area contributed by atoms with Crippen molar-refractivity contribution < 1.29 is 29.3 Å². The third-order valence-electron chi connectivity index (χ3n) is 4.65. The molecule has 2 rings (SSSR count). The van der Waals surface area contributed by atoms with Gasteiger partial charge in [0.15, 0.2) is 0 Å². The topological polar surface area (TPSA) is 101 Å². The van der Waals surface area contributed by atoms with Gasteiger partial charge in [-0.1, -0.05) is 6.42 Å². The van der Waals surface area contributed by atoms with Crippen LogP contribution in [0.3, 0.4) is 0 Å². The van der Waals surface area contributed by atoms with Crippen molar-refractivity contribution in [3.63, 3.8) is 0 Å². The zero-order valence-electron chi connectivity index (χ0n) is 12.0. The lowest BCUT2D eigenvalue weighted by molar-refractivity contribution is -0.167. The van der Waals surface area contributed by atoms with Crippen LogP contribution in [0.4, 0.5) is 0 Å². The number of carbonyl (C=O) groups excluding carboxylic acids is 1. The number of carboxylic acid groups (broad SMARTS) is 2. The lowest BCUT2D eigenvalue weighted by Crippen LogP contribution is -2.39. The normalized spacial score (nSPS) is 30.6. The highest BCUT2D eigenvalue weighted by molar-refractivity contribution is 5.82. The number of hydrogen-bond acceptors (Lipinski definition) is 4. The smallest absolute Gasteiger partial charge is 0.310 e. The summed E-state index contributed by atoms with van der Waals surface area (Å²) in [6.07, 6.45) is 5.42. The first-order chi connectivity index (χ1) is 9.99. The van der Waals surface area contributed by atoms with Gasteiger partial charge in [-0.3, -0.25) is 14.4 Å². The van der Waals surface area contributed by atoms with Gasteiger partial charge in [-0.2, -0.15) is 0 Å². The Hall–Kier alpha value is -1.59. The van der Waals surface area contributed by atoms with Gasteiger partial charge in [0.1, 0.15) is 6.10 Å². The molecule has 0 amide bonds. The molecule has 21 heavy (non-hydrogen) atoms. The molecule has 6 heteroatoms. The summed E-state index contributed by atoms with van der Waals surface area (Å²) in [7, 11) is 0. The SMILES string of the molecule is O=C(O)C1CCC(C(=O)OC2CCCCC2)C(C(=O)O)C1. The van der Waals surface area contributed by atoms with Gasteiger partial charge < -0.3 is 14.9 Å². The third kappa shape index (κ3) is 3.95. The first-order valence-electron chi connectivity index (χ1n) is 7.65. The van der Waals surface area contributed by atoms with Crippen LogP contribution in [-0.2, 0) is 19.1 Å². The van der Waals surface area contributed by atoms with E-state index >= 15 is 0 Å². The van der Waals surface area contributed by atoms with Crippen molar-refractivity contribution >= 4 is 17.9 Å². The van der Waals surface area contributed by atoms with Crippen molar-refractivity contribution in [1.29, 1.82) is 0 Å². The zero-order chi connectivity index (χ0) is 15.4.